The average Bonchev–Trinajstić information content (AvgIpc) is 4.22. The number of nitrogens with two attached hydrogens (primary N) is 1. The first-order chi connectivity index (χ1) is 36.9. The number of aliphatic hydroxyl groups is 2. The molecule has 4 aliphatic rings. The lowest BCUT2D eigenvalue weighted by Gasteiger charge is -2.40. The number of carbonyl (C=O) groups is 6. The predicted octanol–water partition coefficient (Wildman–Crippen LogP) is 3.33. The number of likely N-dealkylation sites (N-methyl/N-ethyl adjacent to an activating group) is 1. The van der Waals surface area contributed by atoms with Crippen LogP contribution in [0.15, 0.2) is 48.1 Å². The molecular formula is C53H79ClN6O17. The van der Waals surface area contributed by atoms with E-state index in [-0.39, 0.29) is 62.5 Å². The van der Waals surface area contributed by atoms with Crippen LogP contribution in [0.2, 0.25) is 5.02 Å². The van der Waals surface area contributed by atoms with Gasteiger partial charge in [-0.1, -0.05) is 54.5 Å². The van der Waals surface area contributed by atoms with Gasteiger partial charge in [-0.3, -0.25) is 19.7 Å². The summed E-state index contributed by atoms with van der Waals surface area (Å²) in [5, 5.41) is 30.4. The summed E-state index contributed by atoms with van der Waals surface area (Å²) in [5.41, 5.74) is 6.04. The largest absolute Gasteiger partial charge is 0.495 e. The van der Waals surface area contributed by atoms with E-state index in [1.165, 1.54) is 32.2 Å². The van der Waals surface area contributed by atoms with E-state index in [4.69, 9.17) is 60.0 Å². The molecule has 0 aromatic heterocycles. The Kier molecular flexibility index (Phi) is 25.9. The second-order valence-corrected chi connectivity index (χ2v) is 19.8. The van der Waals surface area contributed by atoms with E-state index >= 15 is 0 Å². The summed E-state index contributed by atoms with van der Waals surface area (Å²) >= 11 is 6.74. The number of epoxide rings is 1. The van der Waals surface area contributed by atoms with Gasteiger partial charge in [0.2, 0.25) is 17.7 Å². The number of methoxy groups -OCH3 is 1. The number of benzene rings is 1. The van der Waals surface area contributed by atoms with Crippen LogP contribution in [0.3, 0.4) is 0 Å². The highest BCUT2D eigenvalue weighted by Gasteiger charge is 2.56. The Morgan fingerprint density at radius 1 is 0.948 bits per heavy atom. The standard InChI is InChI=1S/C53H79ClN6O17/c1-34-13-11-16-42(61)53(68)33-41(76-52(67)58-53)35(2)47-48(77-47)40(32-45(64)59(3)38-30-36(29-34)31-39(69-5)46(38)54)75-50(65)49(55)60(4)44(63)17-12-19-56-43(62)18-21-70-23-25-72-27-28-73-26-24-71-22-20-57-51(66)74-37-14-9-7-6-8-10-15-37/h6-7,11,13,16,30-31,35,37,40-42,47-49,61,68H,8-10,12,14-15,17-29,32-33,55H2,1-5H3,(H,56,62)(H,57,66)(H,58,67)/b7-6+,16-11+,34-13+/t35-,37?,40+,41+,42-,47+,48+,49-,53+/m1/s1. The van der Waals surface area contributed by atoms with Gasteiger partial charge in [0, 0.05) is 52.4 Å². The van der Waals surface area contributed by atoms with Gasteiger partial charge in [0.05, 0.1) is 78.2 Å². The van der Waals surface area contributed by atoms with Gasteiger partial charge in [-0.15, -0.1) is 0 Å². The number of aliphatic hydroxyl groups excluding tert-OH is 1. The zero-order chi connectivity index (χ0) is 55.9. The van der Waals surface area contributed by atoms with E-state index in [1.54, 1.807) is 31.2 Å². The molecule has 0 spiro atoms. The third-order valence-corrected chi connectivity index (χ3v) is 13.9. The molecule has 2 fully saturated rings. The number of nitrogens with zero attached hydrogens (tertiary/aromatic N) is 2. The van der Waals surface area contributed by atoms with E-state index in [1.807, 2.05) is 6.92 Å². The summed E-state index contributed by atoms with van der Waals surface area (Å²) in [6.45, 7) is 6.59. The van der Waals surface area contributed by atoms with Crippen molar-refractivity contribution in [3.05, 3.63) is 58.7 Å². The Balaban J connectivity index is 0.998. The van der Waals surface area contributed by atoms with Crippen molar-refractivity contribution >= 4 is 53.2 Å². The molecular weight excluding hydrogens is 1030 g/mol. The number of amides is 5. The highest BCUT2D eigenvalue weighted by atomic mass is 35.5. The zero-order valence-electron chi connectivity index (χ0n) is 44.9. The molecule has 77 heavy (non-hydrogen) atoms. The summed E-state index contributed by atoms with van der Waals surface area (Å²) in [6, 6.07) is 3.45. The number of hydrogen-bond donors (Lipinski definition) is 6. The van der Waals surface area contributed by atoms with Gasteiger partial charge >= 0.3 is 18.2 Å². The minimum Gasteiger partial charge on any atom is -0.495 e. The van der Waals surface area contributed by atoms with Crippen molar-refractivity contribution < 1.29 is 81.6 Å². The molecule has 24 heteroatoms. The molecule has 3 heterocycles. The van der Waals surface area contributed by atoms with Crippen LogP contribution >= 0.6 is 11.6 Å². The fourth-order valence-electron chi connectivity index (χ4n) is 8.82. The molecule has 1 unspecified atom stereocenters. The maximum absolute atomic E-state index is 14.1. The van der Waals surface area contributed by atoms with Crippen LogP contribution in [-0.4, -0.2) is 187 Å². The van der Waals surface area contributed by atoms with Crippen LogP contribution in [0.1, 0.15) is 83.6 Å². The Labute approximate surface area is 455 Å². The number of fused-ring (bicyclic) bond motifs is 5. The first-order valence-corrected chi connectivity index (χ1v) is 26.7. The van der Waals surface area contributed by atoms with Crippen molar-refractivity contribution in [2.24, 2.45) is 11.7 Å². The molecule has 0 radical (unpaired) electrons. The third kappa shape index (κ3) is 20.4. The number of anilines is 1. The minimum atomic E-state index is -2.10. The SMILES string of the molecule is COc1cc2cc(c1Cl)N(C)C(=O)C[C@H](OC(=O)[C@H](N)N(C)C(=O)CCCNC(=O)CCOCCOCCOCCOCCNC(=O)OC1CC/C=C/CCC1)[C@@H]1O[C@H]1[C@H](C)[C@@H]1C[C@@](O)(NC(=O)O1)[C@H](O)/C=C/C=C(\C)C2. The van der Waals surface area contributed by atoms with Gasteiger partial charge in [0.15, 0.2) is 11.9 Å². The summed E-state index contributed by atoms with van der Waals surface area (Å²) in [4.78, 5) is 80.5. The fraction of sp³-hybridized carbons (Fsp3) is 0.660. The predicted molar refractivity (Wildman–Crippen MR) is 281 cm³/mol. The van der Waals surface area contributed by atoms with Crippen molar-refractivity contribution in [2.75, 3.05) is 92.0 Å². The molecule has 1 aliphatic carbocycles. The van der Waals surface area contributed by atoms with Crippen LogP contribution < -0.4 is 31.3 Å². The van der Waals surface area contributed by atoms with Crippen LogP contribution in [0.5, 0.6) is 5.75 Å². The maximum Gasteiger partial charge on any atom is 0.409 e. The first kappa shape index (κ1) is 62.5. The highest BCUT2D eigenvalue weighted by Crippen LogP contribution is 2.41. The van der Waals surface area contributed by atoms with E-state index < -0.39 is 84.7 Å². The summed E-state index contributed by atoms with van der Waals surface area (Å²) < 4.78 is 50.4. The molecule has 0 saturated carbocycles. The second kappa shape index (κ2) is 31.9. The normalized spacial score (nSPS) is 26.6. The van der Waals surface area contributed by atoms with Gasteiger partial charge in [0.1, 0.15) is 41.3 Å². The van der Waals surface area contributed by atoms with E-state index in [0.29, 0.717) is 64.0 Å². The van der Waals surface area contributed by atoms with Gasteiger partial charge in [-0.05, 0) is 69.6 Å². The third-order valence-electron chi connectivity index (χ3n) is 13.5. The van der Waals surface area contributed by atoms with Crippen molar-refractivity contribution in [1.29, 1.82) is 0 Å². The van der Waals surface area contributed by atoms with Crippen LogP contribution in [0.25, 0.3) is 0 Å². The smallest absolute Gasteiger partial charge is 0.409 e. The van der Waals surface area contributed by atoms with Crippen LogP contribution in [0, 0.1) is 5.92 Å². The van der Waals surface area contributed by atoms with Gasteiger partial charge in [-0.2, -0.15) is 0 Å². The zero-order valence-corrected chi connectivity index (χ0v) is 45.6. The van der Waals surface area contributed by atoms with Crippen LogP contribution in [0.4, 0.5) is 15.3 Å². The van der Waals surface area contributed by atoms with Gasteiger partial charge < -0.3 is 79.0 Å². The van der Waals surface area contributed by atoms with Crippen molar-refractivity contribution in [2.45, 2.75) is 133 Å². The topological polar surface area (TPSA) is 298 Å². The first-order valence-electron chi connectivity index (χ1n) is 26.3. The highest BCUT2D eigenvalue weighted by molar-refractivity contribution is 6.35. The van der Waals surface area contributed by atoms with Crippen molar-refractivity contribution in [3.63, 3.8) is 0 Å². The van der Waals surface area contributed by atoms with Crippen LogP contribution in [-0.2, 0) is 63.5 Å². The average molecular weight is 1110 g/mol. The van der Waals surface area contributed by atoms with Crippen molar-refractivity contribution in [1.82, 2.24) is 20.9 Å². The molecule has 3 aliphatic heterocycles. The fourth-order valence-corrected chi connectivity index (χ4v) is 9.13. The summed E-state index contributed by atoms with van der Waals surface area (Å²) in [7, 11) is 4.29. The molecule has 5 rings (SSSR count). The Hall–Kier alpha value is -5.37. The van der Waals surface area contributed by atoms with E-state index in [0.717, 1.165) is 48.1 Å². The van der Waals surface area contributed by atoms with Gasteiger partial charge in [-0.25, -0.2) is 14.4 Å². The Morgan fingerprint density at radius 3 is 2.35 bits per heavy atom. The number of hydrogen-bond acceptors (Lipinski definition) is 18. The number of halogens is 1. The summed E-state index contributed by atoms with van der Waals surface area (Å²) in [5.74, 6) is -2.68. The number of carbonyl (C=O) groups excluding carboxylic acids is 6. The lowest BCUT2D eigenvalue weighted by molar-refractivity contribution is -0.160. The number of alkyl carbamates (subject to hydrolysis) is 2. The molecule has 1 aromatic carbocycles. The quantitative estimate of drug-likeness (QED) is 0.0216. The number of nitrogens with one attached hydrogen (secondary N) is 3. The van der Waals surface area contributed by atoms with E-state index in [9.17, 15) is 39.0 Å². The maximum atomic E-state index is 14.1. The Morgan fingerprint density at radius 2 is 1.64 bits per heavy atom. The number of ether oxygens (including phenoxy) is 9. The second-order valence-electron chi connectivity index (χ2n) is 19.4. The molecule has 9 atom stereocenters. The molecule has 23 nitrogen and oxygen atoms in total. The minimum absolute atomic E-state index is 0.0584. The molecule has 1 aromatic rings. The monoisotopic (exact) mass is 1110 g/mol. The van der Waals surface area contributed by atoms with Crippen molar-refractivity contribution in [3.8, 4) is 5.75 Å². The molecule has 2 saturated heterocycles. The summed E-state index contributed by atoms with van der Waals surface area (Å²) in [6.07, 6.45) is 5.08. The molecule has 4 bridgehead atoms. The lowest BCUT2D eigenvalue weighted by Crippen LogP contribution is -2.63. The number of esters is 1. The van der Waals surface area contributed by atoms with E-state index in [2.05, 4.69) is 28.1 Å². The molecule has 430 valence electrons. The molecule has 5 amide bonds. The number of rotatable bonds is 24. The Bertz CT molecular complexity index is 2220. The lowest BCUT2D eigenvalue weighted by atomic mass is 9.87. The number of allylic oxidation sites excluding steroid dienone is 5. The molecule has 7 N–H and O–H groups in total. The van der Waals surface area contributed by atoms with Gasteiger partial charge in [0.25, 0.3) is 0 Å².